The molecule has 0 spiro atoms. The Balaban J connectivity index is 1.78. The van der Waals surface area contributed by atoms with E-state index in [0.29, 0.717) is 0 Å². The summed E-state index contributed by atoms with van der Waals surface area (Å²) >= 11 is 0. The van der Waals surface area contributed by atoms with Crippen molar-refractivity contribution in [1.82, 2.24) is 0 Å². The van der Waals surface area contributed by atoms with Crippen molar-refractivity contribution in [1.29, 1.82) is 0 Å². The molecule has 118 valence electrons. The number of aryl methyl sites for hydroxylation is 1. The Morgan fingerprint density at radius 3 is 2.36 bits per heavy atom. The molecule has 1 fully saturated rings. The van der Waals surface area contributed by atoms with Gasteiger partial charge in [0.15, 0.2) is 0 Å². The number of rotatable bonds is 5. The van der Waals surface area contributed by atoms with Gasteiger partial charge in [-0.3, -0.25) is 0 Å². The van der Waals surface area contributed by atoms with Gasteiger partial charge in [-0.25, -0.2) is 0 Å². The van der Waals surface area contributed by atoms with E-state index >= 15 is 0 Å². The molecule has 0 atom stereocenters. The molecule has 0 aliphatic heterocycles. The fourth-order valence-corrected chi connectivity index (χ4v) is 3.43. The highest BCUT2D eigenvalue weighted by Crippen LogP contribution is 2.31. The molecular weight excluding hydrogens is 264 g/mol. The molecule has 1 saturated carbocycles. The number of benzene rings is 1. The van der Waals surface area contributed by atoms with E-state index in [-0.39, 0.29) is 0 Å². The topological polar surface area (TPSA) is 0 Å². The van der Waals surface area contributed by atoms with Gasteiger partial charge in [0.1, 0.15) is 0 Å². The Morgan fingerprint density at radius 1 is 1.00 bits per heavy atom. The van der Waals surface area contributed by atoms with Crippen molar-refractivity contribution in [2.24, 2.45) is 11.8 Å². The average Bonchev–Trinajstić information content (AvgIpc) is 2.55. The van der Waals surface area contributed by atoms with E-state index in [1.54, 1.807) is 0 Å². The first-order valence-electron chi connectivity index (χ1n) is 9.09. The van der Waals surface area contributed by atoms with E-state index in [4.69, 9.17) is 0 Å². The first-order chi connectivity index (χ1) is 10.8. The molecule has 1 aromatic carbocycles. The number of allylic oxidation sites excluding steroid dienone is 2. The SMILES string of the molecule is CCCc1ccc(C#C/C=C/[C@H]2CC[C@H](CCC)CC2)cc1. The monoisotopic (exact) mass is 294 g/mol. The van der Waals surface area contributed by atoms with Crippen molar-refractivity contribution in [3.8, 4) is 11.8 Å². The summed E-state index contributed by atoms with van der Waals surface area (Å²) in [5, 5.41) is 0. The fraction of sp³-hybridized carbons (Fsp3) is 0.545. The molecule has 0 saturated heterocycles. The number of hydrogen-bond acceptors (Lipinski definition) is 0. The maximum Gasteiger partial charge on any atom is 0.0249 e. The first kappa shape index (κ1) is 16.9. The van der Waals surface area contributed by atoms with Crippen LogP contribution >= 0.6 is 0 Å². The van der Waals surface area contributed by atoms with Gasteiger partial charge in [-0.2, -0.15) is 0 Å². The molecule has 0 aromatic heterocycles. The summed E-state index contributed by atoms with van der Waals surface area (Å²) in [4.78, 5) is 0. The lowest BCUT2D eigenvalue weighted by atomic mass is 9.80. The van der Waals surface area contributed by atoms with Crippen LogP contribution in [0.5, 0.6) is 0 Å². The Bertz CT molecular complexity index is 501. The zero-order valence-electron chi connectivity index (χ0n) is 14.3. The molecule has 0 amide bonds. The summed E-state index contributed by atoms with van der Waals surface area (Å²) in [6, 6.07) is 8.68. The van der Waals surface area contributed by atoms with Crippen LogP contribution in [0, 0.1) is 23.7 Å². The molecule has 22 heavy (non-hydrogen) atoms. The van der Waals surface area contributed by atoms with Crippen molar-refractivity contribution in [3.05, 3.63) is 47.5 Å². The van der Waals surface area contributed by atoms with Gasteiger partial charge >= 0.3 is 0 Å². The minimum atomic E-state index is 0.759. The zero-order valence-corrected chi connectivity index (χ0v) is 14.3. The van der Waals surface area contributed by atoms with E-state index in [1.165, 1.54) is 50.5 Å². The zero-order chi connectivity index (χ0) is 15.6. The van der Waals surface area contributed by atoms with E-state index in [2.05, 4.69) is 62.1 Å². The third-order valence-electron chi connectivity index (χ3n) is 4.75. The summed E-state index contributed by atoms with van der Waals surface area (Å²) in [5.74, 6) is 8.20. The highest BCUT2D eigenvalue weighted by atomic mass is 14.2. The molecule has 0 bridgehead atoms. The minimum Gasteiger partial charge on any atom is -0.0730 e. The average molecular weight is 294 g/mol. The van der Waals surface area contributed by atoms with Crippen LogP contribution in [0.3, 0.4) is 0 Å². The normalized spacial score (nSPS) is 21.5. The van der Waals surface area contributed by atoms with Crippen LogP contribution in [0.2, 0.25) is 0 Å². The van der Waals surface area contributed by atoms with Crippen molar-refractivity contribution in [3.63, 3.8) is 0 Å². The lowest BCUT2D eigenvalue weighted by Crippen LogP contribution is -2.12. The van der Waals surface area contributed by atoms with Gasteiger partial charge in [-0.15, -0.1) is 0 Å². The first-order valence-corrected chi connectivity index (χ1v) is 9.09. The van der Waals surface area contributed by atoms with Crippen LogP contribution in [0.1, 0.15) is 69.9 Å². The standard InChI is InChI=1S/C22H30/c1-3-7-19-11-15-21(16-12-19)9-5-6-10-22-17-13-20(8-4-2)14-18-22/h5,9,13-14,17-19,21H,3-4,7-8,11-12,15-16H2,1-2H3/b9-5+/t19-,21-. The fourth-order valence-electron chi connectivity index (χ4n) is 3.43. The largest absolute Gasteiger partial charge is 0.0730 e. The van der Waals surface area contributed by atoms with Gasteiger partial charge in [0, 0.05) is 5.56 Å². The Morgan fingerprint density at radius 2 is 1.73 bits per heavy atom. The van der Waals surface area contributed by atoms with Crippen molar-refractivity contribution in [2.45, 2.75) is 65.2 Å². The van der Waals surface area contributed by atoms with Crippen LogP contribution in [-0.4, -0.2) is 0 Å². The molecule has 0 heteroatoms. The number of hydrogen-bond donors (Lipinski definition) is 0. The van der Waals surface area contributed by atoms with Crippen LogP contribution in [0.25, 0.3) is 0 Å². The molecule has 0 nitrogen and oxygen atoms in total. The van der Waals surface area contributed by atoms with Gasteiger partial charge in [-0.05, 0) is 67.7 Å². The molecule has 2 rings (SSSR count). The van der Waals surface area contributed by atoms with Crippen LogP contribution in [-0.2, 0) is 6.42 Å². The second kappa shape index (κ2) is 9.52. The Labute approximate surface area is 137 Å². The summed E-state index contributed by atoms with van der Waals surface area (Å²) < 4.78 is 0. The van der Waals surface area contributed by atoms with Gasteiger partial charge in [0.25, 0.3) is 0 Å². The molecular formula is C22H30. The van der Waals surface area contributed by atoms with Crippen LogP contribution < -0.4 is 0 Å². The maximum atomic E-state index is 3.25. The second-order valence-electron chi connectivity index (χ2n) is 6.64. The third kappa shape index (κ3) is 5.72. The molecule has 0 N–H and O–H groups in total. The van der Waals surface area contributed by atoms with Crippen LogP contribution in [0.4, 0.5) is 0 Å². The summed E-state index contributed by atoms with van der Waals surface area (Å²) in [7, 11) is 0. The predicted molar refractivity (Wildman–Crippen MR) is 96.8 cm³/mol. The van der Waals surface area contributed by atoms with E-state index in [0.717, 1.165) is 23.8 Å². The molecule has 0 heterocycles. The van der Waals surface area contributed by atoms with Gasteiger partial charge in [0.05, 0.1) is 0 Å². The summed E-state index contributed by atoms with van der Waals surface area (Å²) in [6.07, 6.45) is 15.1. The van der Waals surface area contributed by atoms with Crippen molar-refractivity contribution in [2.75, 3.05) is 0 Å². The highest BCUT2D eigenvalue weighted by molar-refractivity contribution is 5.38. The minimum absolute atomic E-state index is 0.759. The van der Waals surface area contributed by atoms with E-state index in [1.807, 2.05) is 0 Å². The smallest absolute Gasteiger partial charge is 0.0249 e. The van der Waals surface area contributed by atoms with Crippen molar-refractivity contribution < 1.29 is 0 Å². The Kier molecular flexibility index (Phi) is 7.31. The summed E-state index contributed by atoms with van der Waals surface area (Å²) in [6.45, 7) is 4.52. The third-order valence-corrected chi connectivity index (χ3v) is 4.75. The van der Waals surface area contributed by atoms with Gasteiger partial charge in [0.2, 0.25) is 0 Å². The molecule has 1 aliphatic rings. The lowest BCUT2D eigenvalue weighted by molar-refractivity contribution is 0.294. The Hall–Kier alpha value is -1.48. The quantitative estimate of drug-likeness (QED) is 0.571. The highest BCUT2D eigenvalue weighted by Gasteiger charge is 2.18. The maximum absolute atomic E-state index is 3.25. The van der Waals surface area contributed by atoms with Crippen molar-refractivity contribution >= 4 is 0 Å². The lowest BCUT2D eigenvalue weighted by Gasteiger charge is -2.26. The van der Waals surface area contributed by atoms with E-state index in [9.17, 15) is 0 Å². The van der Waals surface area contributed by atoms with Gasteiger partial charge < -0.3 is 0 Å². The summed E-state index contributed by atoms with van der Waals surface area (Å²) in [5.41, 5.74) is 2.53. The second-order valence-corrected chi connectivity index (χ2v) is 6.64. The van der Waals surface area contributed by atoms with Gasteiger partial charge in [-0.1, -0.05) is 63.2 Å². The predicted octanol–water partition coefficient (Wildman–Crippen LogP) is 6.15. The van der Waals surface area contributed by atoms with Crippen LogP contribution in [0.15, 0.2) is 36.4 Å². The molecule has 1 aromatic rings. The van der Waals surface area contributed by atoms with E-state index < -0.39 is 0 Å². The molecule has 0 unspecified atom stereocenters. The molecule has 1 aliphatic carbocycles. The molecule has 0 radical (unpaired) electrons.